The minimum Gasteiger partial charge on any atom is -0.493 e. The highest BCUT2D eigenvalue weighted by Gasteiger charge is 2.29. The summed E-state index contributed by atoms with van der Waals surface area (Å²) in [5, 5.41) is 18.5. The Labute approximate surface area is 485 Å². The average Bonchev–Trinajstić information content (AvgIpc) is 4.05. The van der Waals surface area contributed by atoms with Gasteiger partial charge in [0.25, 0.3) is 11.8 Å². The Hall–Kier alpha value is -7.47. The van der Waals surface area contributed by atoms with Crippen LogP contribution in [0.5, 0.6) is 46.0 Å². The molecular weight excluding hydrogens is 1110 g/mol. The number of methoxy groups -OCH3 is 4. The van der Waals surface area contributed by atoms with Crippen molar-refractivity contribution in [3.63, 3.8) is 0 Å². The van der Waals surface area contributed by atoms with Gasteiger partial charge in [0.05, 0.1) is 71.2 Å². The highest BCUT2D eigenvalue weighted by molar-refractivity contribution is 9.09. The SMILES string of the molecule is C.CCCBr.COc1cc2nccc(Oc3ccc(NC(=O)c4[nH]ncc4C)nc3)c2cc1OC.COc1cc2nccc(Oc3ccc(NC(=O)c4nn(CCOC(F)(F)F)cc4C)nc3)c2cc1OC.[B]B([B])[B].[B][B]B([B])[B]. The van der Waals surface area contributed by atoms with Crippen LogP contribution in [-0.4, -0.2) is 165 Å². The number of aromatic amines is 1. The van der Waals surface area contributed by atoms with E-state index >= 15 is 0 Å². The molecular formula is C49H52B9BrF3N10O9. The number of halogens is 4. The van der Waals surface area contributed by atoms with Gasteiger partial charge in [0.15, 0.2) is 28.7 Å². The zero-order chi connectivity index (χ0) is 58.9. The predicted molar refractivity (Wildman–Crippen MR) is 319 cm³/mol. The Morgan fingerprint density at radius 1 is 0.704 bits per heavy atom. The number of carbonyl (C=O) groups is 2. The van der Waals surface area contributed by atoms with Crippen LogP contribution in [-0.2, 0) is 11.3 Å². The van der Waals surface area contributed by atoms with E-state index in [0.717, 1.165) is 16.3 Å². The van der Waals surface area contributed by atoms with E-state index < -0.39 is 31.6 Å². The van der Waals surface area contributed by atoms with E-state index in [1.165, 1.54) is 51.0 Å². The number of alkyl halides is 4. The Morgan fingerprint density at radius 2 is 1.15 bits per heavy atom. The molecule has 81 heavy (non-hydrogen) atoms. The number of pyridine rings is 4. The number of benzene rings is 2. The molecule has 3 N–H and O–H groups in total. The lowest BCUT2D eigenvalue weighted by Crippen LogP contribution is -2.23. The molecule has 0 aliphatic rings. The topological polar surface area (TPSA) is 221 Å². The molecule has 2 aromatic carbocycles. The van der Waals surface area contributed by atoms with Crippen LogP contribution in [0.1, 0.15) is 52.9 Å². The summed E-state index contributed by atoms with van der Waals surface area (Å²) in [6.07, 6.45) is 4.64. The number of hydrogen-bond acceptors (Lipinski definition) is 15. The van der Waals surface area contributed by atoms with E-state index in [2.05, 4.69) is 96.7 Å². The molecule has 6 heterocycles. The van der Waals surface area contributed by atoms with Crippen molar-refractivity contribution in [2.45, 2.75) is 47.5 Å². The van der Waals surface area contributed by atoms with E-state index in [1.807, 2.05) is 6.07 Å². The normalized spacial score (nSPS) is 10.2. The molecule has 13 radical (unpaired) electrons. The van der Waals surface area contributed by atoms with Gasteiger partial charge >= 0.3 is 6.36 Å². The van der Waals surface area contributed by atoms with Crippen molar-refractivity contribution in [3.05, 3.63) is 120 Å². The van der Waals surface area contributed by atoms with Crippen molar-refractivity contribution >= 4 is 127 Å². The molecule has 6 aromatic heterocycles. The molecule has 0 bridgehead atoms. The lowest BCUT2D eigenvalue weighted by Gasteiger charge is -2.12. The quantitative estimate of drug-likeness (QED) is 0.0595. The first-order chi connectivity index (χ1) is 38.2. The van der Waals surface area contributed by atoms with Gasteiger partial charge in [-0.15, -0.1) is 13.2 Å². The summed E-state index contributed by atoms with van der Waals surface area (Å²) in [6, 6.07) is 17.1. The number of ether oxygens (including phenoxy) is 7. The van der Waals surface area contributed by atoms with Crippen molar-refractivity contribution in [2.24, 2.45) is 0 Å². The maximum atomic E-state index is 12.6. The second kappa shape index (κ2) is 34.0. The summed E-state index contributed by atoms with van der Waals surface area (Å²) < 4.78 is 74.7. The first-order valence-electron chi connectivity index (χ1n) is 23.7. The molecule has 0 aliphatic heterocycles. The third-order valence-corrected chi connectivity index (χ3v) is 10.8. The summed E-state index contributed by atoms with van der Waals surface area (Å²) in [5.74, 6) is 4.00. The Kier molecular flexibility index (Phi) is 28.4. The van der Waals surface area contributed by atoms with Gasteiger partial charge in [0.2, 0.25) is 0 Å². The van der Waals surface area contributed by atoms with Gasteiger partial charge in [0.1, 0.15) is 40.3 Å². The van der Waals surface area contributed by atoms with Crippen molar-refractivity contribution in [1.29, 1.82) is 0 Å². The number of carbonyl (C=O) groups excluding carboxylic acids is 2. The lowest BCUT2D eigenvalue weighted by molar-refractivity contribution is -0.325. The van der Waals surface area contributed by atoms with Crippen LogP contribution >= 0.6 is 15.9 Å². The van der Waals surface area contributed by atoms with E-state index in [4.69, 9.17) is 51.6 Å². The smallest absolute Gasteiger partial charge is 0.493 e. The molecule has 32 heteroatoms. The lowest BCUT2D eigenvalue weighted by atomic mass is 8.97. The standard InChI is InChI=1S/C24H22F3N5O5.C21H19N5O4.C3H7Br.CH4.B5.B4/c1-14-13-32(8-9-36-24(25,26)27)31-22(14)23(33)30-21-5-4-15(12-29-21)37-18-6-7-28-17-11-20(35-3)19(34-2)10-16(17)18;1-12-10-24-26-20(12)21(27)25-19-5-4-13(11-23-19)30-16-6-7-22-15-9-18(29-3)17(28-2)8-14(15)16;1-2-3-4;;1-4-5(2)3;1-4(2)3/h4-7,10-13H,8-9H2,1-3H3,(H,29,30,33);4-11H,1-3H3,(H,24,26)(H,23,25,27);2-3H2,1H3;1H4;;. The van der Waals surface area contributed by atoms with Crippen LogP contribution < -0.4 is 39.1 Å². The van der Waals surface area contributed by atoms with Crippen molar-refractivity contribution < 1.29 is 55.9 Å². The fourth-order valence-electron chi connectivity index (χ4n) is 6.40. The summed E-state index contributed by atoms with van der Waals surface area (Å²) in [5.41, 5.74) is 3.04. The monoisotopic (exact) mass is 1160 g/mol. The zero-order valence-electron chi connectivity index (χ0n) is 44.6. The summed E-state index contributed by atoms with van der Waals surface area (Å²) in [4.78, 5) is 42.0. The molecule has 0 aliphatic carbocycles. The van der Waals surface area contributed by atoms with Gasteiger partial charge in [-0.2, -0.15) is 10.2 Å². The zero-order valence-corrected chi connectivity index (χ0v) is 46.2. The number of amides is 2. The first kappa shape index (κ1) is 67.8. The molecule has 407 valence electrons. The van der Waals surface area contributed by atoms with Crippen molar-refractivity contribution in [2.75, 3.05) is 51.0 Å². The van der Waals surface area contributed by atoms with Crippen LogP contribution in [0.2, 0.25) is 0 Å². The van der Waals surface area contributed by atoms with Crippen LogP contribution in [0.15, 0.2) is 97.8 Å². The number of nitrogens with one attached hydrogen (secondary N) is 3. The second-order valence-electron chi connectivity index (χ2n) is 16.1. The van der Waals surface area contributed by atoms with Gasteiger partial charge in [-0.3, -0.25) is 34.1 Å². The number of aromatic nitrogens is 8. The maximum absolute atomic E-state index is 12.6. The van der Waals surface area contributed by atoms with Gasteiger partial charge in [0, 0.05) is 119 Å². The van der Waals surface area contributed by atoms with Crippen LogP contribution in [0.25, 0.3) is 21.8 Å². The number of anilines is 2. The van der Waals surface area contributed by atoms with Gasteiger partial charge < -0.3 is 39.1 Å². The van der Waals surface area contributed by atoms with E-state index in [-0.39, 0.29) is 31.4 Å². The number of hydrogen-bond donors (Lipinski definition) is 3. The largest absolute Gasteiger partial charge is 0.522 e. The molecule has 2 amide bonds. The first-order valence-corrected chi connectivity index (χ1v) is 24.8. The molecule has 0 atom stereocenters. The number of H-pyrrole nitrogens is 1. The highest BCUT2D eigenvalue weighted by Crippen LogP contribution is 2.38. The molecule has 19 nitrogen and oxygen atoms in total. The highest BCUT2D eigenvalue weighted by atomic mass is 79.9. The van der Waals surface area contributed by atoms with Crippen molar-refractivity contribution in [1.82, 2.24) is 39.9 Å². The average molecular weight is 1160 g/mol. The summed E-state index contributed by atoms with van der Waals surface area (Å²) in [7, 11) is 36.0. The number of rotatable bonds is 17. The van der Waals surface area contributed by atoms with E-state index in [9.17, 15) is 22.8 Å². The van der Waals surface area contributed by atoms with Crippen molar-refractivity contribution in [3.8, 4) is 46.0 Å². The van der Waals surface area contributed by atoms with Gasteiger partial charge in [-0.25, -0.2) is 9.97 Å². The number of aryl methyl sites for hydroxylation is 2. The minimum atomic E-state index is -4.73. The van der Waals surface area contributed by atoms with Gasteiger partial charge in [-0.05, 0) is 74.4 Å². The minimum absolute atomic E-state index is 0. The van der Waals surface area contributed by atoms with E-state index in [0.29, 0.717) is 79.5 Å². The third kappa shape index (κ3) is 21.8. The van der Waals surface area contributed by atoms with Crippen LogP contribution in [0.4, 0.5) is 24.8 Å². The fourth-order valence-corrected chi connectivity index (χ4v) is 6.40. The number of fused-ring (bicyclic) bond motifs is 2. The fraction of sp³-hybridized carbons (Fsp3) is 0.265. The van der Waals surface area contributed by atoms with Gasteiger partial charge in [-0.1, -0.05) is 30.3 Å². The molecule has 0 spiro atoms. The summed E-state index contributed by atoms with van der Waals surface area (Å²) in [6.45, 7) is 4.76. The maximum Gasteiger partial charge on any atom is 0.522 e. The Morgan fingerprint density at radius 3 is 1.52 bits per heavy atom. The molecule has 8 aromatic rings. The molecule has 0 fully saturated rings. The van der Waals surface area contributed by atoms with E-state index in [1.54, 1.807) is 101 Å². The van der Waals surface area contributed by atoms with Crippen LogP contribution in [0.3, 0.4) is 0 Å². The molecule has 0 saturated heterocycles. The summed E-state index contributed by atoms with van der Waals surface area (Å²) >= 11 is 3.25. The Bertz CT molecular complexity index is 3220. The molecule has 0 saturated carbocycles. The number of nitrogens with zero attached hydrogens (tertiary/aromatic N) is 7. The second-order valence-corrected chi connectivity index (χ2v) is 16.9. The molecule has 0 unspecified atom stereocenters. The van der Waals surface area contributed by atoms with Crippen LogP contribution in [0, 0.1) is 13.8 Å². The molecule has 8 rings (SSSR count). The predicted octanol–water partition coefficient (Wildman–Crippen LogP) is 7.46. The third-order valence-electron chi connectivity index (χ3n) is 10.0. The Balaban J connectivity index is 0.000000350.